The number of benzene rings is 2. The van der Waals surface area contributed by atoms with Crippen LogP contribution < -0.4 is 15.6 Å². The fourth-order valence-corrected chi connectivity index (χ4v) is 2.96. The van der Waals surface area contributed by atoms with Crippen LogP contribution >= 0.6 is 11.3 Å². The minimum absolute atomic E-state index is 0.210. The molecule has 2 N–H and O–H groups in total. The van der Waals surface area contributed by atoms with Crippen LogP contribution in [0.15, 0.2) is 78.2 Å². The molecule has 0 unspecified atom stereocenters. The Morgan fingerprint density at radius 1 is 0.926 bits per heavy atom. The third kappa shape index (κ3) is 5.55. The molecule has 0 spiro atoms. The van der Waals surface area contributed by atoms with Gasteiger partial charge in [-0.2, -0.15) is 0 Å². The van der Waals surface area contributed by atoms with E-state index in [-0.39, 0.29) is 6.61 Å². The van der Waals surface area contributed by atoms with Crippen LogP contribution in [0.25, 0.3) is 17.2 Å². The van der Waals surface area contributed by atoms with E-state index in [2.05, 4.69) is 10.9 Å². The van der Waals surface area contributed by atoms with Gasteiger partial charge in [-0.25, -0.2) is 0 Å². The van der Waals surface area contributed by atoms with Gasteiger partial charge in [-0.15, -0.1) is 11.3 Å². The van der Waals surface area contributed by atoms with Gasteiger partial charge in [-0.05, 0) is 29.2 Å². The van der Waals surface area contributed by atoms with Crippen molar-refractivity contribution in [2.75, 3.05) is 6.61 Å². The Morgan fingerprint density at radius 2 is 1.70 bits per heavy atom. The van der Waals surface area contributed by atoms with Crippen LogP contribution in [0.5, 0.6) is 5.75 Å². The van der Waals surface area contributed by atoms with Gasteiger partial charge >= 0.3 is 0 Å². The second-order valence-corrected chi connectivity index (χ2v) is 6.52. The zero-order valence-electron chi connectivity index (χ0n) is 14.4. The van der Waals surface area contributed by atoms with Gasteiger partial charge < -0.3 is 4.74 Å². The van der Waals surface area contributed by atoms with E-state index in [0.717, 1.165) is 16.0 Å². The minimum Gasteiger partial charge on any atom is -0.483 e. The summed E-state index contributed by atoms with van der Waals surface area (Å²) in [7, 11) is 0. The van der Waals surface area contributed by atoms with Gasteiger partial charge in [0.1, 0.15) is 5.75 Å². The molecule has 0 radical (unpaired) electrons. The Labute approximate surface area is 161 Å². The Hall–Kier alpha value is -3.38. The van der Waals surface area contributed by atoms with Crippen LogP contribution in [0.3, 0.4) is 0 Å². The van der Waals surface area contributed by atoms with Gasteiger partial charge in [0.05, 0.1) is 0 Å². The number of ether oxygens (including phenoxy) is 1. The van der Waals surface area contributed by atoms with E-state index in [0.29, 0.717) is 5.75 Å². The smallest absolute Gasteiger partial charge is 0.276 e. The summed E-state index contributed by atoms with van der Waals surface area (Å²) in [4.78, 5) is 24.6. The molecule has 6 heteroatoms. The molecule has 0 saturated heterocycles. The van der Waals surface area contributed by atoms with Crippen molar-refractivity contribution in [3.8, 4) is 16.9 Å². The quantitative estimate of drug-likeness (QED) is 0.508. The molecule has 27 heavy (non-hydrogen) atoms. The second-order valence-electron chi connectivity index (χ2n) is 5.54. The molecule has 1 aromatic heterocycles. The van der Waals surface area contributed by atoms with E-state index in [1.54, 1.807) is 12.1 Å². The van der Waals surface area contributed by atoms with Gasteiger partial charge in [-0.1, -0.05) is 54.6 Å². The molecule has 0 saturated carbocycles. The predicted octanol–water partition coefficient (Wildman–Crippen LogP) is 3.65. The summed E-state index contributed by atoms with van der Waals surface area (Å²) in [5.41, 5.74) is 6.56. The molecule has 2 aromatic carbocycles. The maximum absolute atomic E-state index is 11.9. The van der Waals surface area contributed by atoms with Crippen molar-refractivity contribution in [2.45, 2.75) is 0 Å². The number of carbonyl (C=O) groups excluding carboxylic acids is 2. The maximum atomic E-state index is 11.9. The summed E-state index contributed by atoms with van der Waals surface area (Å²) in [6, 6.07) is 21.1. The normalized spacial score (nSPS) is 10.5. The van der Waals surface area contributed by atoms with Crippen molar-refractivity contribution < 1.29 is 14.3 Å². The SMILES string of the molecule is O=C(/C=C/c1cccs1)NNC(=O)COc1ccccc1-c1ccccc1. The molecule has 0 bridgehead atoms. The number of nitrogens with one attached hydrogen (secondary N) is 2. The summed E-state index contributed by atoms with van der Waals surface area (Å²) >= 11 is 1.52. The molecule has 0 aliphatic carbocycles. The van der Waals surface area contributed by atoms with E-state index in [1.807, 2.05) is 66.0 Å². The summed E-state index contributed by atoms with van der Waals surface area (Å²) in [6.07, 6.45) is 3.04. The van der Waals surface area contributed by atoms with E-state index in [1.165, 1.54) is 17.4 Å². The van der Waals surface area contributed by atoms with Gasteiger partial charge in [0.25, 0.3) is 11.8 Å². The monoisotopic (exact) mass is 378 g/mol. The zero-order chi connectivity index (χ0) is 18.9. The predicted molar refractivity (Wildman–Crippen MR) is 107 cm³/mol. The fourth-order valence-electron chi connectivity index (χ4n) is 2.34. The summed E-state index contributed by atoms with van der Waals surface area (Å²) in [6.45, 7) is -0.210. The lowest BCUT2D eigenvalue weighted by molar-refractivity contribution is -0.128. The maximum Gasteiger partial charge on any atom is 0.276 e. The zero-order valence-corrected chi connectivity index (χ0v) is 15.2. The first-order chi connectivity index (χ1) is 13.2. The molecule has 1 heterocycles. The largest absolute Gasteiger partial charge is 0.483 e. The van der Waals surface area contributed by atoms with E-state index < -0.39 is 11.8 Å². The van der Waals surface area contributed by atoms with Crippen LogP contribution in [-0.4, -0.2) is 18.4 Å². The highest BCUT2D eigenvalue weighted by Crippen LogP contribution is 2.29. The van der Waals surface area contributed by atoms with Crippen molar-refractivity contribution >= 4 is 29.2 Å². The number of para-hydroxylation sites is 1. The molecule has 0 aliphatic rings. The second kappa shape index (κ2) is 9.35. The van der Waals surface area contributed by atoms with Crippen LogP contribution in [0, 0.1) is 0 Å². The molecule has 3 rings (SSSR count). The fraction of sp³-hybridized carbons (Fsp3) is 0.0476. The molecule has 2 amide bonds. The van der Waals surface area contributed by atoms with Gasteiger partial charge in [0.15, 0.2) is 6.61 Å². The lowest BCUT2D eigenvalue weighted by Crippen LogP contribution is -2.43. The van der Waals surface area contributed by atoms with Crippen molar-refractivity contribution in [2.24, 2.45) is 0 Å². The number of hydrogen-bond donors (Lipinski definition) is 2. The van der Waals surface area contributed by atoms with Crippen molar-refractivity contribution in [3.63, 3.8) is 0 Å². The Kier molecular flexibility index (Phi) is 6.38. The molecule has 5 nitrogen and oxygen atoms in total. The number of hydrazine groups is 1. The number of hydrogen-bond acceptors (Lipinski definition) is 4. The molecule has 0 aliphatic heterocycles. The Balaban J connectivity index is 1.50. The average Bonchev–Trinajstić information content (AvgIpc) is 3.24. The van der Waals surface area contributed by atoms with Gasteiger partial charge in [-0.3, -0.25) is 20.4 Å². The number of rotatable bonds is 6. The Morgan fingerprint density at radius 3 is 2.48 bits per heavy atom. The number of thiophene rings is 1. The summed E-state index contributed by atoms with van der Waals surface area (Å²) in [5, 5.41) is 1.92. The minimum atomic E-state index is -0.448. The standard InChI is InChI=1S/C21H18N2O3S/c24-20(13-12-17-9-6-14-27-17)22-23-21(25)15-26-19-11-5-4-10-18(19)16-7-2-1-3-8-16/h1-14H,15H2,(H,22,24)(H,23,25)/b13-12+. The first kappa shape index (κ1) is 18.4. The molecule has 136 valence electrons. The highest BCUT2D eigenvalue weighted by atomic mass is 32.1. The molecule has 3 aromatic rings. The van der Waals surface area contributed by atoms with Crippen molar-refractivity contribution in [3.05, 3.63) is 83.1 Å². The molecular formula is C21H18N2O3S. The average molecular weight is 378 g/mol. The lowest BCUT2D eigenvalue weighted by Gasteiger charge is -2.11. The van der Waals surface area contributed by atoms with E-state index in [4.69, 9.17) is 4.74 Å². The first-order valence-corrected chi connectivity index (χ1v) is 9.18. The third-order valence-corrected chi connectivity index (χ3v) is 4.44. The van der Waals surface area contributed by atoms with Crippen LogP contribution in [0.2, 0.25) is 0 Å². The molecular weight excluding hydrogens is 360 g/mol. The summed E-state index contributed by atoms with van der Waals surface area (Å²) < 4.78 is 5.62. The van der Waals surface area contributed by atoms with Crippen LogP contribution in [0.4, 0.5) is 0 Å². The van der Waals surface area contributed by atoms with Crippen LogP contribution in [-0.2, 0) is 9.59 Å². The van der Waals surface area contributed by atoms with Gasteiger partial charge in [0.2, 0.25) is 0 Å². The molecule has 0 fully saturated rings. The summed E-state index contributed by atoms with van der Waals surface area (Å²) in [5.74, 6) is -0.264. The highest BCUT2D eigenvalue weighted by molar-refractivity contribution is 7.10. The van der Waals surface area contributed by atoms with Crippen LogP contribution in [0.1, 0.15) is 4.88 Å². The van der Waals surface area contributed by atoms with Gasteiger partial charge in [0, 0.05) is 16.5 Å². The van der Waals surface area contributed by atoms with Crippen molar-refractivity contribution in [1.82, 2.24) is 10.9 Å². The van der Waals surface area contributed by atoms with Crippen molar-refractivity contribution in [1.29, 1.82) is 0 Å². The molecule has 0 atom stereocenters. The Bertz CT molecular complexity index is 922. The lowest BCUT2D eigenvalue weighted by atomic mass is 10.1. The number of carbonyl (C=O) groups is 2. The van der Waals surface area contributed by atoms with E-state index in [9.17, 15) is 9.59 Å². The topological polar surface area (TPSA) is 67.4 Å². The number of amides is 2. The first-order valence-electron chi connectivity index (χ1n) is 8.30. The van der Waals surface area contributed by atoms with E-state index >= 15 is 0 Å². The third-order valence-electron chi connectivity index (χ3n) is 3.60. The highest BCUT2D eigenvalue weighted by Gasteiger charge is 2.08.